The van der Waals surface area contributed by atoms with Crippen molar-refractivity contribution in [3.05, 3.63) is 0 Å². The Bertz CT molecular complexity index is 137. The lowest BCUT2D eigenvalue weighted by molar-refractivity contribution is -0.139. The lowest BCUT2D eigenvalue weighted by atomic mass is 10.2. The summed E-state index contributed by atoms with van der Waals surface area (Å²) >= 11 is 0. The molecule has 11 heavy (non-hydrogen) atoms. The highest BCUT2D eigenvalue weighted by atomic mass is 16.5. The minimum absolute atomic E-state index is 0.0999. The summed E-state index contributed by atoms with van der Waals surface area (Å²) in [5.74, 6) is -0.940. The van der Waals surface area contributed by atoms with E-state index >= 15 is 0 Å². The summed E-state index contributed by atoms with van der Waals surface area (Å²) in [5, 5.41) is 10.7. The van der Waals surface area contributed by atoms with E-state index in [0.29, 0.717) is 6.41 Å². The predicted molar refractivity (Wildman–Crippen MR) is 37.1 cm³/mol. The van der Waals surface area contributed by atoms with E-state index in [2.05, 4.69) is 5.32 Å². The van der Waals surface area contributed by atoms with Crippen LogP contribution in [0.25, 0.3) is 0 Å². The molecule has 0 heterocycles. The van der Waals surface area contributed by atoms with Crippen molar-refractivity contribution in [2.24, 2.45) is 0 Å². The highest BCUT2D eigenvalue weighted by Gasteiger charge is 2.10. The van der Waals surface area contributed by atoms with Crippen molar-refractivity contribution >= 4 is 12.4 Å². The van der Waals surface area contributed by atoms with Gasteiger partial charge in [0.15, 0.2) is 0 Å². The van der Waals surface area contributed by atoms with Crippen LogP contribution in [0.4, 0.5) is 0 Å². The maximum atomic E-state index is 10.1. The average Bonchev–Trinajstić information content (AvgIpc) is 1.97. The number of aliphatic carboxylic acids is 1. The van der Waals surface area contributed by atoms with E-state index in [4.69, 9.17) is 9.84 Å². The Morgan fingerprint density at radius 2 is 2.45 bits per heavy atom. The summed E-state index contributed by atoms with van der Waals surface area (Å²) in [5.41, 5.74) is 0. The van der Waals surface area contributed by atoms with E-state index in [1.807, 2.05) is 0 Å². The van der Waals surface area contributed by atoms with Crippen LogP contribution >= 0.6 is 0 Å². The van der Waals surface area contributed by atoms with Gasteiger partial charge in [0, 0.05) is 13.7 Å². The van der Waals surface area contributed by atoms with Crippen molar-refractivity contribution in [2.75, 3.05) is 13.7 Å². The quantitative estimate of drug-likeness (QED) is 0.501. The predicted octanol–water partition coefficient (Wildman–Crippen LogP) is -0.778. The highest BCUT2D eigenvalue weighted by molar-refractivity contribution is 5.67. The third-order valence-corrected chi connectivity index (χ3v) is 1.16. The van der Waals surface area contributed by atoms with Crippen LogP contribution < -0.4 is 5.32 Å². The topological polar surface area (TPSA) is 75.6 Å². The van der Waals surface area contributed by atoms with Gasteiger partial charge in [0.1, 0.15) is 0 Å². The first-order chi connectivity index (χ1) is 5.20. The van der Waals surface area contributed by atoms with Crippen molar-refractivity contribution in [1.29, 1.82) is 0 Å². The van der Waals surface area contributed by atoms with Crippen molar-refractivity contribution in [1.82, 2.24) is 5.32 Å². The van der Waals surface area contributed by atoms with Crippen LogP contribution in [-0.4, -0.2) is 37.2 Å². The number of ether oxygens (including phenoxy) is 1. The monoisotopic (exact) mass is 161 g/mol. The Hall–Kier alpha value is -1.10. The number of hydrogen-bond acceptors (Lipinski definition) is 3. The molecule has 0 aliphatic carbocycles. The molecule has 0 aliphatic heterocycles. The molecule has 5 nitrogen and oxygen atoms in total. The summed E-state index contributed by atoms with van der Waals surface area (Å²) in [4.78, 5) is 19.9. The summed E-state index contributed by atoms with van der Waals surface area (Å²) in [6.07, 6.45) is -0.0386. The van der Waals surface area contributed by atoms with E-state index in [-0.39, 0.29) is 13.0 Å². The number of hydrogen-bond donors (Lipinski definition) is 2. The van der Waals surface area contributed by atoms with Gasteiger partial charge < -0.3 is 15.2 Å². The maximum absolute atomic E-state index is 10.1. The Morgan fingerprint density at radius 3 is 2.82 bits per heavy atom. The zero-order valence-electron chi connectivity index (χ0n) is 6.24. The third kappa shape index (κ3) is 5.35. The molecular weight excluding hydrogens is 150 g/mol. The fraction of sp³-hybridized carbons (Fsp3) is 0.667. The Kier molecular flexibility index (Phi) is 5.10. The zero-order chi connectivity index (χ0) is 8.69. The van der Waals surface area contributed by atoms with Crippen molar-refractivity contribution < 1.29 is 19.4 Å². The minimum atomic E-state index is -0.940. The SMILES string of the molecule is COC(CNC=O)CC(=O)O. The van der Waals surface area contributed by atoms with E-state index in [9.17, 15) is 9.59 Å². The van der Waals surface area contributed by atoms with Gasteiger partial charge in [0.05, 0.1) is 12.5 Å². The van der Waals surface area contributed by atoms with Crippen LogP contribution in [0.1, 0.15) is 6.42 Å². The van der Waals surface area contributed by atoms with E-state index in [0.717, 1.165) is 0 Å². The number of carboxylic acid groups (broad SMARTS) is 1. The average molecular weight is 161 g/mol. The van der Waals surface area contributed by atoms with Gasteiger partial charge in [0.2, 0.25) is 6.41 Å². The molecule has 0 bridgehead atoms. The number of amides is 1. The smallest absolute Gasteiger partial charge is 0.306 e. The molecule has 0 saturated heterocycles. The maximum Gasteiger partial charge on any atom is 0.306 e. The van der Waals surface area contributed by atoms with E-state index < -0.39 is 12.1 Å². The molecule has 0 saturated carbocycles. The Labute approximate surface area is 64.3 Å². The van der Waals surface area contributed by atoms with Gasteiger partial charge in [0.25, 0.3) is 0 Å². The summed E-state index contributed by atoms with van der Waals surface area (Å²) < 4.78 is 4.76. The second-order valence-electron chi connectivity index (χ2n) is 1.98. The first-order valence-electron chi connectivity index (χ1n) is 3.12. The van der Waals surface area contributed by atoms with Crippen LogP contribution in [0.3, 0.4) is 0 Å². The molecule has 64 valence electrons. The summed E-state index contributed by atoms with van der Waals surface area (Å²) in [6, 6.07) is 0. The number of methoxy groups -OCH3 is 1. The lowest BCUT2D eigenvalue weighted by Crippen LogP contribution is -2.29. The van der Waals surface area contributed by atoms with Crippen molar-refractivity contribution in [3.63, 3.8) is 0 Å². The van der Waals surface area contributed by atoms with Gasteiger partial charge in [-0.05, 0) is 0 Å². The van der Waals surface area contributed by atoms with Crippen molar-refractivity contribution in [3.8, 4) is 0 Å². The van der Waals surface area contributed by atoms with Crippen LogP contribution in [0.2, 0.25) is 0 Å². The summed E-state index contributed by atoms with van der Waals surface area (Å²) in [7, 11) is 1.40. The molecule has 0 aromatic rings. The van der Waals surface area contributed by atoms with Crippen LogP contribution in [0, 0.1) is 0 Å². The van der Waals surface area contributed by atoms with Crippen LogP contribution in [0.15, 0.2) is 0 Å². The van der Waals surface area contributed by atoms with Gasteiger partial charge in [-0.15, -0.1) is 0 Å². The standard InChI is InChI=1S/C6H11NO4/c1-11-5(2-6(9)10)3-7-4-8/h4-5H,2-3H2,1H3,(H,7,8)(H,9,10). The van der Waals surface area contributed by atoms with Crippen molar-refractivity contribution in [2.45, 2.75) is 12.5 Å². The van der Waals surface area contributed by atoms with Gasteiger partial charge in [-0.25, -0.2) is 0 Å². The largest absolute Gasteiger partial charge is 0.481 e. The highest BCUT2D eigenvalue weighted by Crippen LogP contribution is 1.94. The minimum Gasteiger partial charge on any atom is -0.481 e. The number of nitrogens with one attached hydrogen (secondary N) is 1. The van der Waals surface area contributed by atoms with E-state index in [1.165, 1.54) is 7.11 Å². The van der Waals surface area contributed by atoms with Gasteiger partial charge in [-0.2, -0.15) is 0 Å². The molecule has 1 unspecified atom stereocenters. The summed E-state index contributed by atoms with van der Waals surface area (Å²) in [6.45, 7) is 0.228. The van der Waals surface area contributed by atoms with Crippen LogP contribution in [-0.2, 0) is 14.3 Å². The molecule has 0 radical (unpaired) electrons. The number of carbonyl (C=O) groups excluding carboxylic acids is 1. The molecule has 0 aromatic carbocycles. The molecule has 2 N–H and O–H groups in total. The Balaban J connectivity index is 3.57. The molecule has 5 heteroatoms. The second-order valence-corrected chi connectivity index (χ2v) is 1.98. The lowest BCUT2D eigenvalue weighted by Gasteiger charge is -2.10. The molecule has 0 fully saturated rings. The van der Waals surface area contributed by atoms with Gasteiger partial charge >= 0.3 is 5.97 Å². The zero-order valence-corrected chi connectivity index (χ0v) is 6.24. The van der Waals surface area contributed by atoms with Gasteiger partial charge in [-0.3, -0.25) is 9.59 Å². The fourth-order valence-corrected chi connectivity index (χ4v) is 0.613. The molecule has 1 amide bonds. The molecule has 0 rings (SSSR count). The normalized spacial score (nSPS) is 12.1. The molecule has 1 atom stereocenters. The van der Waals surface area contributed by atoms with E-state index in [1.54, 1.807) is 0 Å². The molecule has 0 aliphatic rings. The van der Waals surface area contributed by atoms with Gasteiger partial charge in [-0.1, -0.05) is 0 Å². The molecule has 0 aromatic heterocycles. The number of carboxylic acids is 1. The first kappa shape index (κ1) is 9.90. The van der Waals surface area contributed by atoms with Crippen LogP contribution in [0.5, 0.6) is 0 Å². The third-order valence-electron chi connectivity index (χ3n) is 1.16. The molecule has 0 spiro atoms. The fourth-order valence-electron chi connectivity index (χ4n) is 0.613. The second kappa shape index (κ2) is 5.67. The Morgan fingerprint density at radius 1 is 1.82 bits per heavy atom. The first-order valence-corrected chi connectivity index (χ1v) is 3.12. The number of rotatable bonds is 6. The number of carbonyl (C=O) groups is 2. The molecular formula is C6H11NO4.